The molecule has 4 rings (SSSR count). The van der Waals surface area contributed by atoms with Gasteiger partial charge in [-0.15, -0.1) is 0 Å². The van der Waals surface area contributed by atoms with Gasteiger partial charge in [0.05, 0.1) is 17.8 Å². The molecule has 1 saturated heterocycles. The fraction of sp³-hybridized carbons (Fsp3) is 0.269. The van der Waals surface area contributed by atoms with Crippen molar-refractivity contribution < 1.29 is 17.9 Å². The summed E-state index contributed by atoms with van der Waals surface area (Å²) in [7, 11) is -2.49. The van der Waals surface area contributed by atoms with Gasteiger partial charge in [-0.25, -0.2) is 8.42 Å². The van der Waals surface area contributed by atoms with E-state index in [4.69, 9.17) is 27.9 Å². The number of nitrogens with one attached hydrogen (secondary N) is 1. The Kier molecular flexibility index (Phi) is 8.41. The Labute approximate surface area is 221 Å². The second-order valence-electron chi connectivity index (χ2n) is 8.42. The van der Waals surface area contributed by atoms with E-state index in [1.54, 1.807) is 12.0 Å². The zero-order chi connectivity index (χ0) is 25.7. The zero-order valence-corrected chi connectivity index (χ0v) is 22.1. The van der Waals surface area contributed by atoms with Crippen molar-refractivity contribution in [1.82, 2.24) is 9.62 Å². The van der Waals surface area contributed by atoms with Crippen LogP contribution in [0.25, 0.3) is 0 Å². The number of nitrogens with zero attached hydrogens (tertiary/aromatic N) is 2. The zero-order valence-electron chi connectivity index (χ0n) is 19.7. The van der Waals surface area contributed by atoms with Crippen LogP contribution in [0.4, 0.5) is 5.69 Å². The van der Waals surface area contributed by atoms with Crippen LogP contribution >= 0.6 is 23.2 Å². The van der Waals surface area contributed by atoms with Crippen molar-refractivity contribution in [2.45, 2.75) is 17.4 Å². The monoisotopic (exact) mass is 547 g/mol. The highest BCUT2D eigenvalue weighted by molar-refractivity contribution is 7.89. The Hall–Kier alpha value is -2.78. The first-order valence-electron chi connectivity index (χ1n) is 11.5. The average molecular weight is 548 g/mol. The number of carbonyl (C=O) groups excluding carboxylic acids is 1. The summed E-state index contributed by atoms with van der Waals surface area (Å²) in [5.41, 5.74) is 1.80. The topological polar surface area (TPSA) is 79.0 Å². The summed E-state index contributed by atoms with van der Waals surface area (Å²) in [5, 5.41) is 0.265. The quantitative estimate of drug-likeness (QED) is 0.456. The van der Waals surface area contributed by atoms with E-state index < -0.39 is 16.1 Å². The predicted octanol–water partition coefficient (Wildman–Crippen LogP) is 4.24. The van der Waals surface area contributed by atoms with Crippen LogP contribution in [0.2, 0.25) is 10.0 Å². The molecule has 1 aliphatic rings. The number of sulfonamides is 1. The van der Waals surface area contributed by atoms with Gasteiger partial charge in [0.2, 0.25) is 15.9 Å². The van der Waals surface area contributed by atoms with E-state index in [-0.39, 0.29) is 27.3 Å². The summed E-state index contributed by atoms with van der Waals surface area (Å²) in [6.45, 7) is 2.08. The number of methoxy groups -OCH3 is 1. The fourth-order valence-corrected chi connectivity index (χ4v) is 6.19. The minimum Gasteiger partial charge on any atom is -0.495 e. The molecule has 0 spiro atoms. The molecule has 0 radical (unpaired) electrons. The number of hydrogen-bond acceptors (Lipinski definition) is 5. The molecule has 1 heterocycles. The molecule has 3 aromatic carbocycles. The van der Waals surface area contributed by atoms with E-state index in [2.05, 4.69) is 9.62 Å². The molecule has 190 valence electrons. The van der Waals surface area contributed by atoms with Crippen LogP contribution in [-0.2, 0) is 21.2 Å². The highest BCUT2D eigenvalue weighted by Gasteiger charge is 2.32. The van der Waals surface area contributed by atoms with Gasteiger partial charge in [-0.2, -0.15) is 4.72 Å². The second kappa shape index (κ2) is 11.5. The maximum Gasteiger partial charge on any atom is 0.242 e. The van der Waals surface area contributed by atoms with Gasteiger partial charge in [0.25, 0.3) is 0 Å². The molecule has 0 saturated carbocycles. The first-order chi connectivity index (χ1) is 17.3. The van der Waals surface area contributed by atoms with E-state index >= 15 is 0 Å². The second-order valence-corrected chi connectivity index (χ2v) is 10.9. The summed E-state index contributed by atoms with van der Waals surface area (Å²) < 4.78 is 34.6. The third kappa shape index (κ3) is 6.13. The van der Waals surface area contributed by atoms with Crippen LogP contribution in [0.15, 0.2) is 77.7 Å². The van der Waals surface area contributed by atoms with E-state index in [1.807, 2.05) is 54.6 Å². The Morgan fingerprint density at radius 1 is 0.972 bits per heavy atom. The number of halogens is 2. The molecule has 10 heteroatoms. The van der Waals surface area contributed by atoms with Crippen molar-refractivity contribution in [3.8, 4) is 5.75 Å². The predicted molar refractivity (Wildman–Crippen MR) is 143 cm³/mol. The number of anilines is 1. The largest absolute Gasteiger partial charge is 0.495 e. The SMILES string of the molecule is COc1ccccc1N1CCN(C(=O)[C@H](Cc2ccccc2)NS(=O)(=O)c2cc(Cl)ccc2Cl)CC1. The highest BCUT2D eigenvalue weighted by atomic mass is 35.5. The average Bonchev–Trinajstić information content (AvgIpc) is 2.89. The molecule has 1 fully saturated rings. The standard InChI is InChI=1S/C26H27Cl2N3O4S/c1-35-24-10-6-5-9-23(24)30-13-15-31(16-14-30)26(32)22(17-19-7-3-2-4-8-19)29-36(33,34)25-18-20(27)11-12-21(25)28/h2-12,18,22,29H,13-17H2,1H3/t22-/m0/s1. The summed E-state index contributed by atoms with van der Waals surface area (Å²) >= 11 is 12.2. The lowest BCUT2D eigenvalue weighted by molar-refractivity contribution is -0.133. The fourth-order valence-electron chi connectivity index (χ4n) is 4.24. The molecule has 1 N–H and O–H groups in total. The van der Waals surface area contributed by atoms with E-state index in [0.717, 1.165) is 17.0 Å². The van der Waals surface area contributed by atoms with Crippen molar-refractivity contribution in [3.05, 3.63) is 88.4 Å². The van der Waals surface area contributed by atoms with Crippen LogP contribution in [-0.4, -0.2) is 58.6 Å². The highest BCUT2D eigenvalue weighted by Crippen LogP contribution is 2.29. The third-order valence-electron chi connectivity index (χ3n) is 6.08. The number of piperazine rings is 1. The van der Waals surface area contributed by atoms with Crippen molar-refractivity contribution in [2.24, 2.45) is 0 Å². The first-order valence-corrected chi connectivity index (χ1v) is 13.7. The van der Waals surface area contributed by atoms with Gasteiger partial charge < -0.3 is 14.5 Å². The molecule has 7 nitrogen and oxygen atoms in total. The maximum atomic E-state index is 13.6. The first kappa shape index (κ1) is 26.3. The molecule has 36 heavy (non-hydrogen) atoms. The van der Waals surface area contributed by atoms with Crippen LogP contribution in [0.5, 0.6) is 5.75 Å². The Morgan fingerprint density at radius 3 is 2.33 bits per heavy atom. The molecular weight excluding hydrogens is 521 g/mol. The number of carbonyl (C=O) groups is 1. The molecular formula is C26H27Cl2N3O4S. The van der Waals surface area contributed by atoms with Crippen LogP contribution in [0.1, 0.15) is 5.56 Å². The lowest BCUT2D eigenvalue weighted by Crippen LogP contribution is -2.55. The molecule has 0 aliphatic carbocycles. The van der Waals surface area contributed by atoms with Gasteiger partial charge in [-0.1, -0.05) is 65.7 Å². The summed E-state index contributed by atoms with van der Waals surface area (Å²) in [5.74, 6) is 0.477. The minimum absolute atomic E-state index is 0.0308. The smallest absolute Gasteiger partial charge is 0.242 e. The van der Waals surface area contributed by atoms with E-state index in [1.165, 1.54) is 18.2 Å². The number of para-hydroxylation sites is 2. The number of rotatable bonds is 8. The number of amides is 1. The van der Waals surface area contributed by atoms with Gasteiger partial charge in [0.15, 0.2) is 0 Å². The van der Waals surface area contributed by atoms with E-state index in [0.29, 0.717) is 26.2 Å². The molecule has 1 aliphatic heterocycles. The van der Waals surface area contributed by atoms with Crippen molar-refractivity contribution in [3.63, 3.8) is 0 Å². The summed E-state index contributed by atoms with van der Waals surface area (Å²) in [6, 6.07) is 20.2. The summed E-state index contributed by atoms with van der Waals surface area (Å²) in [6.07, 6.45) is 0.198. The van der Waals surface area contributed by atoms with E-state index in [9.17, 15) is 13.2 Å². The van der Waals surface area contributed by atoms with Crippen LogP contribution in [0.3, 0.4) is 0 Å². The van der Waals surface area contributed by atoms with Crippen molar-refractivity contribution in [2.75, 3.05) is 38.2 Å². The lowest BCUT2D eigenvalue weighted by atomic mass is 10.1. The number of ether oxygens (including phenoxy) is 1. The molecule has 0 bridgehead atoms. The lowest BCUT2D eigenvalue weighted by Gasteiger charge is -2.38. The Morgan fingerprint density at radius 2 is 1.64 bits per heavy atom. The Balaban J connectivity index is 1.54. The number of benzene rings is 3. The third-order valence-corrected chi connectivity index (χ3v) is 8.27. The van der Waals surface area contributed by atoms with Gasteiger partial charge >= 0.3 is 0 Å². The van der Waals surface area contributed by atoms with Crippen LogP contribution < -0.4 is 14.4 Å². The number of hydrogen-bond donors (Lipinski definition) is 1. The maximum absolute atomic E-state index is 13.6. The normalized spacial score (nSPS) is 15.0. The van der Waals surface area contributed by atoms with Gasteiger partial charge in [0, 0.05) is 31.2 Å². The van der Waals surface area contributed by atoms with Gasteiger partial charge in [-0.3, -0.25) is 4.79 Å². The molecule has 3 aromatic rings. The van der Waals surface area contributed by atoms with Gasteiger partial charge in [0.1, 0.15) is 16.7 Å². The molecule has 0 aromatic heterocycles. The van der Waals surface area contributed by atoms with Crippen molar-refractivity contribution in [1.29, 1.82) is 0 Å². The van der Waals surface area contributed by atoms with Crippen molar-refractivity contribution >= 4 is 44.8 Å². The van der Waals surface area contributed by atoms with Crippen LogP contribution in [0, 0.1) is 0 Å². The van der Waals surface area contributed by atoms with Gasteiger partial charge in [-0.05, 0) is 42.3 Å². The Bertz CT molecular complexity index is 1310. The minimum atomic E-state index is -4.12. The molecule has 1 atom stereocenters. The summed E-state index contributed by atoms with van der Waals surface area (Å²) in [4.78, 5) is 17.3. The molecule has 1 amide bonds. The molecule has 0 unspecified atom stereocenters.